The number of halogens is 1. The second-order valence-corrected chi connectivity index (χ2v) is 4.99. The molecule has 0 saturated carbocycles. The van der Waals surface area contributed by atoms with Gasteiger partial charge in [0.2, 0.25) is 0 Å². The van der Waals surface area contributed by atoms with Gasteiger partial charge in [-0.15, -0.1) is 0 Å². The van der Waals surface area contributed by atoms with E-state index in [2.05, 4.69) is 6.92 Å². The molecule has 1 aromatic rings. The van der Waals surface area contributed by atoms with Crippen LogP contribution in [0.3, 0.4) is 0 Å². The van der Waals surface area contributed by atoms with Crippen LogP contribution in [0.2, 0.25) is 5.02 Å². The number of hydrogen-bond acceptors (Lipinski definition) is 3. The van der Waals surface area contributed by atoms with Crippen LogP contribution in [0.1, 0.15) is 38.2 Å². The van der Waals surface area contributed by atoms with E-state index in [9.17, 15) is 5.11 Å². The molecule has 0 heterocycles. The average Bonchev–Trinajstić information content (AvgIpc) is 2.36. The zero-order chi connectivity index (χ0) is 13.5. The average molecular weight is 272 g/mol. The van der Waals surface area contributed by atoms with Gasteiger partial charge in [-0.2, -0.15) is 0 Å². The third-order valence-electron chi connectivity index (χ3n) is 2.86. The molecule has 102 valence electrons. The molecule has 2 unspecified atom stereocenters. The van der Waals surface area contributed by atoms with Crippen molar-refractivity contribution < 1.29 is 9.84 Å². The van der Waals surface area contributed by atoms with Crippen molar-refractivity contribution in [3.05, 3.63) is 28.8 Å². The van der Waals surface area contributed by atoms with Gasteiger partial charge in [-0.05, 0) is 42.5 Å². The summed E-state index contributed by atoms with van der Waals surface area (Å²) in [5, 5.41) is 10.3. The Bertz CT molecular complexity index is 371. The Balaban J connectivity index is 2.86. The van der Waals surface area contributed by atoms with Gasteiger partial charge < -0.3 is 15.6 Å². The summed E-state index contributed by atoms with van der Waals surface area (Å²) in [4.78, 5) is 0. The van der Waals surface area contributed by atoms with Crippen LogP contribution in [0.4, 0.5) is 0 Å². The SMILES string of the molecule is CCCOc1ccc(Cl)cc1C(C)CC(O)CN. The predicted molar refractivity (Wildman–Crippen MR) is 75.3 cm³/mol. The molecule has 1 aromatic carbocycles. The van der Waals surface area contributed by atoms with Gasteiger partial charge in [-0.1, -0.05) is 25.4 Å². The Morgan fingerprint density at radius 3 is 2.78 bits per heavy atom. The highest BCUT2D eigenvalue weighted by Gasteiger charge is 2.16. The highest BCUT2D eigenvalue weighted by molar-refractivity contribution is 6.30. The first kappa shape index (κ1) is 15.3. The first-order valence-electron chi connectivity index (χ1n) is 6.38. The second-order valence-electron chi connectivity index (χ2n) is 4.56. The summed E-state index contributed by atoms with van der Waals surface area (Å²) in [6, 6.07) is 5.61. The summed E-state index contributed by atoms with van der Waals surface area (Å²) in [5.41, 5.74) is 6.47. The molecule has 18 heavy (non-hydrogen) atoms. The molecule has 0 fully saturated rings. The van der Waals surface area contributed by atoms with E-state index in [4.69, 9.17) is 22.1 Å². The quantitative estimate of drug-likeness (QED) is 0.802. The summed E-state index contributed by atoms with van der Waals surface area (Å²) >= 11 is 6.02. The molecule has 0 spiro atoms. The zero-order valence-corrected chi connectivity index (χ0v) is 11.8. The van der Waals surface area contributed by atoms with E-state index in [1.54, 1.807) is 0 Å². The highest BCUT2D eigenvalue weighted by atomic mass is 35.5. The Labute approximate surface area is 114 Å². The molecule has 0 aromatic heterocycles. The van der Waals surface area contributed by atoms with Gasteiger partial charge in [0.05, 0.1) is 12.7 Å². The summed E-state index contributed by atoms with van der Waals surface area (Å²) in [7, 11) is 0. The van der Waals surface area contributed by atoms with Crippen LogP contribution in [0.25, 0.3) is 0 Å². The molecule has 0 bridgehead atoms. The fourth-order valence-electron chi connectivity index (χ4n) is 1.88. The lowest BCUT2D eigenvalue weighted by Crippen LogP contribution is -2.21. The van der Waals surface area contributed by atoms with E-state index >= 15 is 0 Å². The van der Waals surface area contributed by atoms with E-state index in [1.165, 1.54) is 0 Å². The molecule has 3 N–H and O–H groups in total. The lowest BCUT2D eigenvalue weighted by Gasteiger charge is -2.19. The lowest BCUT2D eigenvalue weighted by molar-refractivity contribution is 0.164. The number of rotatable bonds is 7. The number of nitrogens with two attached hydrogens (primary N) is 1. The van der Waals surface area contributed by atoms with Gasteiger partial charge >= 0.3 is 0 Å². The highest BCUT2D eigenvalue weighted by Crippen LogP contribution is 2.32. The Morgan fingerprint density at radius 2 is 2.17 bits per heavy atom. The van der Waals surface area contributed by atoms with Gasteiger partial charge in [0.25, 0.3) is 0 Å². The maximum absolute atomic E-state index is 9.63. The van der Waals surface area contributed by atoms with Crippen molar-refractivity contribution in [1.29, 1.82) is 0 Å². The Hall–Kier alpha value is -0.770. The molecule has 0 aliphatic heterocycles. The molecule has 4 heteroatoms. The van der Waals surface area contributed by atoms with Crippen LogP contribution in [0, 0.1) is 0 Å². The Morgan fingerprint density at radius 1 is 1.44 bits per heavy atom. The Kier molecular flexibility index (Phi) is 6.47. The minimum Gasteiger partial charge on any atom is -0.493 e. The van der Waals surface area contributed by atoms with Crippen LogP contribution in [0.5, 0.6) is 5.75 Å². The first-order valence-corrected chi connectivity index (χ1v) is 6.76. The molecule has 3 nitrogen and oxygen atoms in total. The van der Waals surface area contributed by atoms with Crippen molar-refractivity contribution >= 4 is 11.6 Å². The van der Waals surface area contributed by atoms with Crippen LogP contribution >= 0.6 is 11.6 Å². The van der Waals surface area contributed by atoms with Gasteiger partial charge in [0.15, 0.2) is 0 Å². The molecular weight excluding hydrogens is 250 g/mol. The molecule has 0 radical (unpaired) electrons. The number of ether oxygens (including phenoxy) is 1. The minimum atomic E-state index is -0.488. The fraction of sp³-hybridized carbons (Fsp3) is 0.571. The predicted octanol–water partition coefficient (Wildman–Crippen LogP) is 2.94. The van der Waals surface area contributed by atoms with Crippen molar-refractivity contribution in [1.82, 2.24) is 0 Å². The second kappa shape index (κ2) is 7.62. The summed E-state index contributed by atoms with van der Waals surface area (Å²) in [5.74, 6) is 1.01. The topological polar surface area (TPSA) is 55.5 Å². The third kappa shape index (κ3) is 4.48. The molecule has 0 aliphatic carbocycles. The normalized spacial score (nSPS) is 14.3. The van der Waals surface area contributed by atoms with E-state index in [0.29, 0.717) is 18.1 Å². The van der Waals surface area contributed by atoms with Crippen molar-refractivity contribution in [2.45, 2.75) is 38.7 Å². The van der Waals surface area contributed by atoms with Crippen LogP contribution in [-0.4, -0.2) is 24.4 Å². The van der Waals surface area contributed by atoms with Gasteiger partial charge in [0, 0.05) is 11.6 Å². The van der Waals surface area contributed by atoms with E-state index in [0.717, 1.165) is 17.7 Å². The van der Waals surface area contributed by atoms with E-state index in [-0.39, 0.29) is 12.5 Å². The summed E-state index contributed by atoms with van der Waals surface area (Å²) in [6.07, 6.45) is 1.08. The van der Waals surface area contributed by atoms with E-state index in [1.807, 2.05) is 25.1 Å². The number of aliphatic hydroxyl groups is 1. The van der Waals surface area contributed by atoms with Crippen molar-refractivity contribution in [2.24, 2.45) is 5.73 Å². The van der Waals surface area contributed by atoms with Gasteiger partial charge in [-0.3, -0.25) is 0 Å². The minimum absolute atomic E-state index is 0.161. The smallest absolute Gasteiger partial charge is 0.122 e. The largest absolute Gasteiger partial charge is 0.493 e. The van der Waals surface area contributed by atoms with Gasteiger partial charge in [0.1, 0.15) is 5.75 Å². The van der Waals surface area contributed by atoms with Crippen molar-refractivity contribution in [2.75, 3.05) is 13.2 Å². The van der Waals surface area contributed by atoms with E-state index < -0.39 is 6.10 Å². The third-order valence-corrected chi connectivity index (χ3v) is 3.10. The maximum Gasteiger partial charge on any atom is 0.122 e. The number of aliphatic hydroxyl groups excluding tert-OH is 1. The number of hydrogen-bond donors (Lipinski definition) is 2. The zero-order valence-electron chi connectivity index (χ0n) is 11.0. The first-order chi connectivity index (χ1) is 8.58. The molecule has 1 rings (SSSR count). The van der Waals surface area contributed by atoms with Gasteiger partial charge in [-0.25, -0.2) is 0 Å². The number of benzene rings is 1. The molecule has 2 atom stereocenters. The molecule has 0 saturated heterocycles. The van der Waals surface area contributed by atoms with Crippen LogP contribution < -0.4 is 10.5 Å². The lowest BCUT2D eigenvalue weighted by atomic mass is 9.94. The molecule has 0 aliphatic rings. The fourth-order valence-corrected chi connectivity index (χ4v) is 2.06. The molecule has 0 amide bonds. The van der Waals surface area contributed by atoms with Crippen LogP contribution in [-0.2, 0) is 0 Å². The maximum atomic E-state index is 9.63. The standard InChI is InChI=1S/C14H22ClNO2/c1-3-6-18-14-5-4-11(15)8-13(14)10(2)7-12(17)9-16/h4-5,8,10,12,17H,3,6-7,9,16H2,1-2H3. The van der Waals surface area contributed by atoms with Crippen molar-refractivity contribution in [3.8, 4) is 5.75 Å². The summed E-state index contributed by atoms with van der Waals surface area (Å²) in [6.45, 7) is 5.07. The van der Waals surface area contributed by atoms with Crippen molar-refractivity contribution in [3.63, 3.8) is 0 Å². The van der Waals surface area contributed by atoms with Crippen LogP contribution in [0.15, 0.2) is 18.2 Å². The summed E-state index contributed by atoms with van der Waals surface area (Å²) < 4.78 is 5.71. The monoisotopic (exact) mass is 271 g/mol. The molecular formula is C14H22ClNO2.